The van der Waals surface area contributed by atoms with E-state index in [-0.39, 0.29) is 41.6 Å². The fourth-order valence-corrected chi connectivity index (χ4v) is 2.93. The largest absolute Gasteiger partial charge is 0.352 e. The predicted octanol–water partition coefficient (Wildman–Crippen LogP) is 3.21. The third kappa shape index (κ3) is 3.88. The highest BCUT2D eigenvalue weighted by Gasteiger charge is 2.08. The van der Waals surface area contributed by atoms with Crippen molar-refractivity contribution in [3.05, 3.63) is 74.5 Å². The maximum Gasteiger partial charge on any atom is 0.262 e. The lowest BCUT2D eigenvalue weighted by Gasteiger charge is -2.09. The number of carbonyl (C=O) groups excluding carboxylic acids is 1. The van der Waals surface area contributed by atoms with Gasteiger partial charge in [-0.3, -0.25) is 14.2 Å². The van der Waals surface area contributed by atoms with Crippen LogP contribution in [0.3, 0.4) is 0 Å². The van der Waals surface area contributed by atoms with E-state index >= 15 is 0 Å². The van der Waals surface area contributed by atoms with Crippen molar-refractivity contribution >= 4 is 29.0 Å². The highest BCUT2D eigenvalue weighted by molar-refractivity contribution is 7.71. The number of rotatable bonds is 5. The Balaban J connectivity index is 1.66. The minimum atomic E-state index is -0.300. The van der Waals surface area contributed by atoms with Crippen molar-refractivity contribution in [3.63, 3.8) is 0 Å². The molecule has 1 aromatic heterocycles. The Morgan fingerprint density at radius 1 is 1.27 bits per heavy atom. The molecule has 0 saturated carbocycles. The van der Waals surface area contributed by atoms with Gasteiger partial charge in [-0.25, -0.2) is 4.39 Å². The molecule has 3 aromatic rings. The molecule has 0 aliphatic rings. The lowest BCUT2D eigenvalue weighted by Crippen LogP contribution is -2.28. The SMILES string of the molecule is Cc1ccc(CNC(=O)CCn2c(=S)[nH]c3ccccc3c2=O)cc1F. The van der Waals surface area contributed by atoms with Gasteiger partial charge in [0.05, 0.1) is 10.9 Å². The third-order valence-corrected chi connectivity index (χ3v) is 4.50. The first-order chi connectivity index (χ1) is 12.5. The highest BCUT2D eigenvalue weighted by Crippen LogP contribution is 2.09. The third-order valence-electron chi connectivity index (χ3n) is 4.18. The number of aromatic nitrogens is 2. The van der Waals surface area contributed by atoms with Crippen LogP contribution in [0, 0.1) is 17.5 Å². The monoisotopic (exact) mass is 371 g/mol. The summed E-state index contributed by atoms with van der Waals surface area (Å²) in [6.45, 7) is 2.09. The summed E-state index contributed by atoms with van der Waals surface area (Å²) in [6.07, 6.45) is 0.101. The van der Waals surface area contributed by atoms with Crippen LogP contribution in [-0.2, 0) is 17.9 Å². The number of aryl methyl sites for hydroxylation is 1. The maximum atomic E-state index is 13.5. The van der Waals surface area contributed by atoms with Crippen molar-refractivity contribution in [2.24, 2.45) is 0 Å². The second-order valence-corrected chi connectivity index (χ2v) is 6.43. The molecule has 2 aromatic carbocycles. The molecule has 0 bridgehead atoms. The predicted molar refractivity (Wildman–Crippen MR) is 101 cm³/mol. The molecule has 0 fully saturated rings. The molecule has 3 rings (SSSR count). The molecule has 1 amide bonds. The molecule has 26 heavy (non-hydrogen) atoms. The Labute approximate surface area is 154 Å². The molecule has 2 N–H and O–H groups in total. The van der Waals surface area contributed by atoms with Gasteiger partial charge < -0.3 is 10.3 Å². The summed E-state index contributed by atoms with van der Waals surface area (Å²) >= 11 is 5.22. The first kappa shape index (κ1) is 18.0. The number of benzene rings is 2. The summed E-state index contributed by atoms with van der Waals surface area (Å²) in [5.74, 6) is -0.536. The number of hydrogen-bond donors (Lipinski definition) is 2. The number of carbonyl (C=O) groups is 1. The van der Waals surface area contributed by atoms with Crippen molar-refractivity contribution in [1.82, 2.24) is 14.9 Å². The molecule has 0 aliphatic carbocycles. The first-order valence-electron chi connectivity index (χ1n) is 8.19. The van der Waals surface area contributed by atoms with E-state index in [2.05, 4.69) is 10.3 Å². The van der Waals surface area contributed by atoms with Crippen LogP contribution in [0.15, 0.2) is 47.3 Å². The van der Waals surface area contributed by atoms with Gasteiger partial charge in [0.25, 0.3) is 5.56 Å². The van der Waals surface area contributed by atoms with E-state index in [9.17, 15) is 14.0 Å². The van der Waals surface area contributed by atoms with Crippen LogP contribution in [0.2, 0.25) is 0 Å². The molecular weight excluding hydrogens is 353 g/mol. The molecular formula is C19H18FN3O2S. The summed E-state index contributed by atoms with van der Waals surface area (Å²) in [7, 11) is 0. The van der Waals surface area contributed by atoms with Crippen molar-refractivity contribution in [1.29, 1.82) is 0 Å². The summed E-state index contributed by atoms with van der Waals surface area (Å²) in [5, 5.41) is 3.25. The second-order valence-electron chi connectivity index (χ2n) is 6.04. The molecule has 134 valence electrons. The number of para-hydroxylation sites is 1. The Kier molecular flexibility index (Phi) is 5.27. The Morgan fingerprint density at radius 2 is 2.04 bits per heavy atom. The van der Waals surface area contributed by atoms with E-state index in [1.165, 1.54) is 10.6 Å². The average Bonchev–Trinajstić information content (AvgIpc) is 2.62. The number of halogens is 1. The topological polar surface area (TPSA) is 66.9 Å². The number of aromatic amines is 1. The van der Waals surface area contributed by atoms with Gasteiger partial charge in [-0.15, -0.1) is 0 Å². The van der Waals surface area contributed by atoms with Crippen LogP contribution in [-0.4, -0.2) is 15.5 Å². The lowest BCUT2D eigenvalue weighted by molar-refractivity contribution is -0.121. The van der Waals surface area contributed by atoms with Crippen LogP contribution >= 0.6 is 12.2 Å². The molecule has 1 heterocycles. The fourth-order valence-electron chi connectivity index (χ4n) is 2.65. The summed E-state index contributed by atoms with van der Waals surface area (Å²) in [6, 6.07) is 11.9. The lowest BCUT2D eigenvalue weighted by atomic mass is 10.1. The Bertz CT molecular complexity index is 1090. The molecule has 0 atom stereocenters. The molecule has 0 unspecified atom stereocenters. The number of amides is 1. The normalized spacial score (nSPS) is 10.8. The van der Waals surface area contributed by atoms with Crippen LogP contribution in [0.5, 0.6) is 0 Å². The van der Waals surface area contributed by atoms with Gasteiger partial charge in [-0.1, -0.05) is 24.3 Å². The average molecular weight is 371 g/mol. The van der Waals surface area contributed by atoms with Crippen molar-refractivity contribution in [2.45, 2.75) is 26.4 Å². The summed E-state index contributed by atoms with van der Waals surface area (Å²) < 4.78 is 15.2. The van der Waals surface area contributed by atoms with Gasteiger partial charge in [0.2, 0.25) is 5.91 Å². The quantitative estimate of drug-likeness (QED) is 0.677. The van der Waals surface area contributed by atoms with Gasteiger partial charge in [0.15, 0.2) is 4.77 Å². The Morgan fingerprint density at radius 3 is 2.81 bits per heavy atom. The standard InChI is InChI=1S/C19H18FN3O2S/c1-12-6-7-13(10-15(12)20)11-21-17(24)8-9-23-18(25)14-4-2-3-5-16(14)22-19(23)26/h2-7,10H,8-9,11H2,1H3,(H,21,24)(H,22,26). The van der Waals surface area contributed by atoms with Crippen LogP contribution in [0.1, 0.15) is 17.5 Å². The molecule has 0 aliphatic heterocycles. The van der Waals surface area contributed by atoms with E-state index in [0.717, 1.165) is 0 Å². The van der Waals surface area contributed by atoms with Crippen LogP contribution in [0.25, 0.3) is 10.9 Å². The summed E-state index contributed by atoms with van der Waals surface area (Å²) in [5.41, 5.74) is 1.69. The van der Waals surface area contributed by atoms with Gasteiger partial charge >= 0.3 is 0 Å². The number of nitrogens with zero attached hydrogens (tertiary/aromatic N) is 1. The number of H-pyrrole nitrogens is 1. The van der Waals surface area contributed by atoms with Gasteiger partial charge in [0.1, 0.15) is 5.82 Å². The fraction of sp³-hybridized carbons (Fsp3) is 0.211. The number of nitrogens with one attached hydrogen (secondary N) is 2. The number of hydrogen-bond acceptors (Lipinski definition) is 3. The molecule has 5 nitrogen and oxygen atoms in total. The van der Waals surface area contributed by atoms with E-state index in [4.69, 9.17) is 12.2 Å². The van der Waals surface area contributed by atoms with Crippen LogP contribution in [0.4, 0.5) is 4.39 Å². The molecule has 0 radical (unpaired) electrons. The zero-order valence-electron chi connectivity index (χ0n) is 14.2. The minimum absolute atomic E-state index is 0.101. The molecule has 7 heteroatoms. The first-order valence-corrected chi connectivity index (χ1v) is 8.60. The minimum Gasteiger partial charge on any atom is -0.352 e. The molecule has 0 saturated heterocycles. The van der Waals surface area contributed by atoms with Crippen molar-refractivity contribution in [2.75, 3.05) is 0 Å². The van der Waals surface area contributed by atoms with E-state index in [0.29, 0.717) is 22.0 Å². The Hall–Kier alpha value is -2.80. The summed E-state index contributed by atoms with van der Waals surface area (Å²) in [4.78, 5) is 27.6. The highest BCUT2D eigenvalue weighted by atomic mass is 32.1. The van der Waals surface area contributed by atoms with E-state index in [1.807, 2.05) is 6.07 Å². The number of fused-ring (bicyclic) bond motifs is 1. The van der Waals surface area contributed by atoms with E-state index < -0.39 is 0 Å². The zero-order valence-corrected chi connectivity index (χ0v) is 15.0. The van der Waals surface area contributed by atoms with Gasteiger partial charge in [0, 0.05) is 19.5 Å². The zero-order chi connectivity index (χ0) is 18.7. The van der Waals surface area contributed by atoms with E-state index in [1.54, 1.807) is 37.3 Å². The van der Waals surface area contributed by atoms with Gasteiger partial charge in [-0.05, 0) is 48.5 Å². The van der Waals surface area contributed by atoms with Crippen molar-refractivity contribution in [3.8, 4) is 0 Å². The van der Waals surface area contributed by atoms with Gasteiger partial charge in [-0.2, -0.15) is 0 Å². The smallest absolute Gasteiger partial charge is 0.262 e. The van der Waals surface area contributed by atoms with Crippen molar-refractivity contribution < 1.29 is 9.18 Å². The van der Waals surface area contributed by atoms with Crippen LogP contribution < -0.4 is 10.9 Å². The maximum absolute atomic E-state index is 13.5. The molecule has 0 spiro atoms. The second kappa shape index (κ2) is 7.61.